The highest BCUT2D eigenvalue weighted by Crippen LogP contribution is 2.35. The highest BCUT2D eigenvalue weighted by Gasteiger charge is 2.14. The number of fused-ring (bicyclic) bond motifs is 2. The molecule has 0 radical (unpaired) electrons. The van der Waals surface area contributed by atoms with Gasteiger partial charge in [0.2, 0.25) is 0 Å². The number of benzene rings is 2. The zero-order valence-corrected chi connectivity index (χ0v) is 12.3. The molecule has 0 saturated heterocycles. The van der Waals surface area contributed by atoms with Gasteiger partial charge in [-0.1, -0.05) is 57.2 Å². The van der Waals surface area contributed by atoms with Crippen LogP contribution in [0.2, 0.25) is 0 Å². The predicted octanol–water partition coefficient (Wildman–Crippen LogP) is 5.55. The van der Waals surface area contributed by atoms with E-state index in [1.807, 2.05) is 18.2 Å². The summed E-state index contributed by atoms with van der Waals surface area (Å²) in [5, 5.41) is 0. The van der Waals surface area contributed by atoms with Gasteiger partial charge in [0.15, 0.2) is 0 Å². The Kier molecular flexibility index (Phi) is 3.13. The molecule has 20 heavy (non-hydrogen) atoms. The number of hydrogen-bond donors (Lipinski definition) is 0. The highest BCUT2D eigenvalue weighted by molar-refractivity contribution is 5.77. The van der Waals surface area contributed by atoms with E-state index < -0.39 is 0 Å². The molecule has 102 valence electrons. The molecule has 1 nitrogen and oxygen atoms in total. The van der Waals surface area contributed by atoms with E-state index >= 15 is 0 Å². The largest absolute Gasteiger partial charge is 0.456 e. The van der Waals surface area contributed by atoms with Gasteiger partial charge in [-0.3, -0.25) is 0 Å². The molecule has 0 amide bonds. The standard InChI is InChI=1S/C19H20O/c1-19(2,3)13-14-8-11-18-16(12-14)10-9-15-6-4-5-7-17(15)20-18/h4-12H,13H2,1-3H3. The lowest BCUT2D eigenvalue weighted by molar-refractivity contribution is 0.410. The number of ether oxygens (including phenoxy) is 1. The molecule has 0 unspecified atom stereocenters. The SMILES string of the molecule is CC(C)(C)Cc1ccc2c(c1)C=Cc1ccccc1O2. The Balaban J connectivity index is 1.98. The fourth-order valence-corrected chi connectivity index (χ4v) is 2.55. The molecule has 0 bridgehead atoms. The smallest absolute Gasteiger partial charge is 0.134 e. The molecule has 2 aromatic rings. The van der Waals surface area contributed by atoms with Gasteiger partial charge in [-0.2, -0.15) is 0 Å². The van der Waals surface area contributed by atoms with E-state index in [0.29, 0.717) is 5.41 Å². The maximum Gasteiger partial charge on any atom is 0.134 e. The van der Waals surface area contributed by atoms with Crippen molar-refractivity contribution in [2.24, 2.45) is 5.41 Å². The van der Waals surface area contributed by atoms with Crippen LogP contribution in [0.25, 0.3) is 12.2 Å². The van der Waals surface area contributed by atoms with E-state index in [0.717, 1.165) is 29.0 Å². The molecule has 0 aromatic heterocycles. The zero-order valence-electron chi connectivity index (χ0n) is 12.3. The summed E-state index contributed by atoms with van der Waals surface area (Å²) in [6.07, 6.45) is 5.34. The second kappa shape index (κ2) is 4.82. The summed E-state index contributed by atoms with van der Waals surface area (Å²) in [4.78, 5) is 0. The molecule has 0 fully saturated rings. The van der Waals surface area contributed by atoms with Crippen molar-refractivity contribution in [3.05, 3.63) is 59.2 Å². The van der Waals surface area contributed by atoms with E-state index in [-0.39, 0.29) is 0 Å². The average Bonchev–Trinajstić information content (AvgIpc) is 2.56. The molecular formula is C19H20O. The number of rotatable bonds is 1. The first-order chi connectivity index (χ1) is 9.51. The molecule has 0 atom stereocenters. The normalized spacial score (nSPS) is 13.2. The summed E-state index contributed by atoms with van der Waals surface area (Å²) in [6, 6.07) is 14.6. The lowest BCUT2D eigenvalue weighted by Gasteiger charge is -2.19. The minimum atomic E-state index is 0.298. The molecule has 3 rings (SSSR count). The first kappa shape index (κ1) is 13.0. The van der Waals surface area contributed by atoms with Gasteiger partial charge in [-0.15, -0.1) is 0 Å². The van der Waals surface area contributed by atoms with Gasteiger partial charge in [-0.25, -0.2) is 0 Å². The van der Waals surface area contributed by atoms with Crippen molar-refractivity contribution < 1.29 is 4.74 Å². The number of para-hydroxylation sites is 1. The summed E-state index contributed by atoms with van der Waals surface area (Å²) in [6.45, 7) is 6.79. The number of hydrogen-bond acceptors (Lipinski definition) is 1. The van der Waals surface area contributed by atoms with Gasteiger partial charge in [0.25, 0.3) is 0 Å². The Morgan fingerprint density at radius 1 is 0.850 bits per heavy atom. The second-order valence-corrected chi connectivity index (χ2v) is 6.58. The van der Waals surface area contributed by atoms with E-state index in [1.165, 1.54) is 5.56 Å². The first-order valence-corrected chi connectivity index (χ1v) is 7.09. The Hall–Kier alpha value is -2.02. The van der Waals surface area contributed by atoms with Gasteiger partial charge >= 0.3 is 0 Å². The van der Waals surface area contributed by atoms with Crippen LogP contribution >= 0.6 is 0 Å². The highest BCUT2D eigenvalue weighted by atomic mass is 16.5. The third-order valence-electron chi connectivity index (χ3n) is 3.39. The van der Waals surface area contributed by atoms with E-state index in [4.69, 9.17) is 4.74 Å². The topological polar surface area (TPSA) is 9.23 Å². The van der Waals surface area contributed by atoms with E-state index in [9.17, 15) is 0 Å². The molecule has 1 aliphatic heterocycles. The predicted molar refractivity (Wildman–Crippen MR) is 85.0 cm³/mol. The average molecular weight is 264 g/mol. The Bertz CT molecular complexity index is 660. The van der Waals surface area contributed by atoms with E-state index in [2.05, 4.69) is 57.2 Å². The third-order valence-corrected chi connectivity index (χ3v) is 3.39. The summed E-state index contributed by atoms with van der Waals surface area (Å²) in [5.74, 6) is 1.86. The van der Waals surface area contributed by atoms with Gasteiger partial charge in [0.1, 0.15) is 11.5 Å². The van der Waals surface area contributed by atoms with E-state index in [1.54, 1.807) is 0 Å². The van der Waals surface area contributed by atoms with Crippen LogP contribution in [-0.4, -0.2) is 0 Å². The fourth-order valence-electron chi connectivity index (χ4n) is 2.55. The monoisotopic (exact) mass is 264 g/mol. The Morgan fingerprint density at radius 2 is 1.55 bits per heavy atom. The summed E-state index contributed by atoms with van der Waals surface area (Å²) in [5.41, 5.74) is 3.94. The minimum absolute atomic E-state index is 0.298. The van der Waals surface area contributed by atoms with Gasteiger partial charge < -0.3 is 4.74 Å². The van der Waals surface area contributed by atoms with Crippen LogP contribution < -0.4 is 4.74 Å². The van der Waals surface area contributed by atoms with Crippen molar-refractivity contribution in [1.29, 1.82) is 0 Å². The van der Waals surface area contributed by atoms with Crippen LogP contribution in [-0.2, 0) is 6.42 Å². The third kappa shape index (κ3) is 2.77. The van der Waals surface area contributed by atoms with Crippen molar-refractivity contribution in [1.82, 2.24) is 0 Å². The van der Waals surface area contributed by atoms with Crippen LogP contribution in [0.3, 0.4) is 0 Å². The first-order valence-electron chi connectivity index (χ1n) is 7.09. The molecule has 0 saturated carbocycles. The molecule has 1 aliphatic rings. The quantitative estimate of drug-likeness (QED) is 0.559. The molecule has 0 N–H and O–H groups in total. The van der Waals surface area contributed by atoms with Crippen molar-refractivity contribution in [2.45, 2.75) is 27.2 Å². The molecule has 1 heterocycles. The van der Waals surface area contributed by atoms with Gasteiger partial charge in [0.05, 0.1) is 0 Å². The second-order valence-electron chi connectivity index (χ2n) is 6.58. The van der Waals surface area contributed by atoms with Crippen molar-refractivity contribution >= 4 is 12.2 Å². The van der Waals surface area contributed by atoms with Crippen LogP contribution in [0.5, 0.6) is 11.5 Å². The maximum atomic E-state index is 6.03. The summed E-state index contributed by atoms with van der Waals surface area (Å²) >= 11 is 0. The molecule has 2 aromatic carbocycles. The van der Waals surface area contributed by atoms with Crippen LogP contribution in [0.15, 0.2) is 42.5 Å². The maximum absolute atomic E-state index is 6.03. The van der Waals surface area contributed by atoms with Crippen molar-refractivity contribution in [3.63, 3.8) is 0 Å². The van der Waals surface area contributed by atoms with Crippen molar-refractivity contribution in [3.8, 4) is 11.5 Å². The molecule has 1 heteroatoms. The molecular weight excluding hydrogens is 244 g/mol. The summed E-state index contributed by atoms with van der Waals surface area (Å²) in [7, 11) is 0. The summed E-state index contributed by atoms with van der Waals surface area (Å²) < 4.78 is 6.03. The Labute approximate surface area is 120 Å². The lowest BCUT2D eigenvalue weighted by atomic mass is 9.87. The van der Waals surface area contributed by atoms with Crippen molar-refractivity contribution in [2.75, 3.05) is 0 Å². The fraction of sp³-hybridized carbons (Fsp3) is 0.263. The molecule has 0 aliphatic carbocycles. The van der Waals surface area contributed by atoms with Crippen LogP contribution in [0, 0.1) is 5.41 Å². The lowest BCUT2D eigenvalue weighted by Crippen LogP contribution is -2.09. The van der Waals surface area contributed by atoms with Crippen LogP contribution in [0.4, 0.5) is 0 Å². The minimum Gasteiger partial charge on any atom is -0.456 e. The van der Waals surface area contributed by atoms with Gasteiger partial charge in [-0.05, 0) is 35.6 Å². The Morgan fingerprint density at radius 3 is 2.35 bits per heavy atom. The van der Waals surface area contributed by atoms with Gasteiger partial charge in [0, 0.05) is 11.1 Å². The molecule has 0 spiro atoms. The zero-order chi connectivity index (χ0) is 14.2. The van der Waals surface area contributed by atoms with Crippen LogP contribution in [0.1, 0.15) is 37.5 Å².